The molecule has 0 spiro atoms. The van der Waals surface area contributed by atoms with Crippen molar-refractivity contribution in [2.75, 3.05) is 11.6 Å². The predicted molar refractivity (Wildman–Crippen MR) is 90.3 cm³/mol. The summed E-state index contributed by atoms with van der Waals surface area (Å²) in [5, 5.41) is 3.03. The van der Waals surface area contributed by atoms with Crippen molar-refractivity contribution in [1.82, 2.24) is 5.43 Å². The molecule has 1 fully saturated rings. The molecule has 1 saturated heterocycles. The smallest absolute Gasteiger partial charge is 0.338 e. The van der Waals surface area contributed by atoms with E-state index in [4.69, 9.17) is 4.74 Å². The molecule has 1 aliphatic heterocycles. The zero-order valence-electron chi connectivity index (χ0n) is 12.8. The van der Waals surface area contributed by atoms with Gasteiger partial charge in [-0.05, 0) is 48.7 Å². The molecule has 1 aromatic heterocycles. The van der Waals surface area contributed by atoms with Crippen LogP contribution in [-0.2, 0) is 14.3 Å². The Morgan fingerprint density at radius 2 is 2.00 bits per heavy atom. The van der Waals surface area contributed by atoms with Gasteiger partial charge in [-0.1, -0.05) is 6.07 Å². The molecule has 1 N–H and O–H groups in total. The van der Waals surface area contributed by atoms with Crippen LogP contribution in [0, 0.1) is 0 Å². The molecular formula is C17H14N2O4S. The maximum Gasteiger partial charge on any atom is 0.338 e. The van der Waals surface area contributed by atoms with Crippen LogP contribution in [0.25, 0.3) is 6.08 Å². The van der Waals surface area contributed by atoms with Crippen LogP contribution in [0.3, 0.4) is 0 Å². The van der Waals surface area contributed by atoms with Crippen LogP contribution in [0.4, 0.5) is 5.69 Å². The second-order valence-electron chi connectivity index (χ2n) is 4.92. The fourth-order valence-electron chi connectivity index (χ4n) is 2.22. The van der Waals surface area contributed by atoms with Crippen molar-refractivity contribution >= 4 is 40.9 Å². The molecule has 3 rings (SSSR count). The Morgan fingerprint density at radius 3 is 2.62 bits per heavy atom. The van der Waals surface area contributed by atoms with Gasteiger partial charge < -0.3 is 4.74 Å². The number of nitrogens with zero attached hydrogens (tertiary/aromatic N) is 1. The number of hydrogen-bond acceptors (Lipinski definition) is 5. The molecule has 0 unspecified atom stereocenters. The van der Waals surface area contributed by atoms with Gasteiger partial charge in [0, 0.05) is 4.88 Å². The first-order valence-electron chi connectivity index (χ1n) is 7.28. The number of rotatable bonds is 4. The minimum absolute atomic E-state index is 0.0759. The van der Waals surface area contributed by atoms with Crippen molar-refractivity contribution in [2.24, 2.45) is 0 Å². The Morgan fingerprint density at radius 1 is 1.25 bits per heavy atom. The number of amides is 2. The van der Waals surface area contributed by atoms with Gasteiger partial charge in [0.15, 0.2) is 0 Å². The van der Waals surface area contributed by atoms with Gasteiger partial charge in [0.05, 0.1) is 17.9 Å². The molecule has 122 valence electrons. The standard InChI is InChI=1S/C17H14N2O4S/c1-2-23-17(22)11-5-7-12(8-6-11)19-16(21)14(15(20)18-19)10-13-4-3-9-24-13/h3-10H,2H2,1H3,(H,18,20). The normalized spacial score (nSPS) is 15.7. The lowest BCUT2D eigenvalue weighted by atomic mass is 10.2. The highest BCUT2D eigenvalue weighted by Gasteiger charge is 2.34. The average molecular weight is 342 g/mol. The fourth-order valence-corrected chi connectivity index (χ4v) is 2.87. The Hall–Kier alpha value is -2.93. The third kappa shape index (κ3) is 3.07. The van der Waals surface area contributed by atoms with E-state index in [9.17, 15) is 14.4 Å². The summed E-state index contributed by atoms with van der Waals surface area (Å²) >= 11 is 1.44. The highest BCUT2D eigenvalue weighted by Crippen LogP contribution is 2.23. The summed E-state index contributed by atoms with van der Waals surface area (Å²) in [5.41, 5.74) is 3.45. The number of carbonyl (C=O) groups excluding carboxylic acids is 3. The van der Waals surface area contributed by atoms with Gasteiger partial charge in [0.1, 0.15) is 5.57 Å². The van der Waals surface area contributed by atoms with E-state index in [0.717, 1.165) is 9.89 Å². The van der Waals surface area contributed by atoms with Crippen molar-refractivity contribution in [3.63, 3.8) is 0 Å². The number of nitrogens with one attached hydrogen (secondary N) is 1. The van der Waals surface area contributed by atoms with E-state index in [1.54, 1.807) is 37.3 Å². The number of hydrogen-bond donors (Lipinski definition) is 1. The summed E-state index contributed by atoms with van der Waals surface area (Å²) in [6.07, 6.45) is 1.56. The minimum atomic E-state index is -0.456. The van der Waals surface area contributed by atoms with Crippen molar-refractivity contribution in [3.8, 4) is 0 Å². The van der Waals surface area contributed by atoms with E-state index in [1.807, 2.05) is 17.5 Å². The van der Waals surface area contributed by atoms with Crippen LogP contribution in [0.2, 0.25) is 0 Å². The van der Waals surface area contributed by atoms with Crippen LogP contribution >= 0.6 is 11.3 Å². The number of thiophene rings is 1. The first-order chi connectivity index (χ1) is 11.6. The zero-order chi connectivity index (χ0) is 17.1. The van der Waals surface area contributed by atoms with Crippen molar-refractivity contribution in [1.29, 1.82) is 0 Å². The van der Waals surface area contributed by atoms with Crippen LogP contribution in [0.15, 0.2) is 47.4 Å². The number of carbonyl (C=O) groups is 3. The van der Waals surface area contributed by atoms with Crippen LogP contribution in [0.5, 0.6) is 0 Å². The van der Waals surface area contributed by atoms with Gasteiger partial charge in [-0.2, -0.15) is 0 Å². The van der Waals surface area contributed by atoms with Gasteiger partial charge in [0.2, 0.25) is 0 Å². The van der Waals surface area contributed by atoms with Gasteiger partial charge in [0.25, 0.3) is 11.8 Å². The topological polar surface area (TPSA) is 75.7 Å². The third-order valence-electron chi connectivity index (χ3n) is 3.36. The molecule has 7 heteroatoms. The van der Waals surface area contributed by atoms with Crippen molar-refractivity contribution < 1.29 is 19.1 Å². The summed E-state index contributed by atoms with van der Waals surface area (Å²) in [6, 6.07) is 9.94. The highest BCUT2D eigenvalue weighted by atomic mass is 32.1. The first kappa shape index (κ1) is 15.9. The lowest BCUT2D eigenvalue weighted by Crippen LogP contribution is -2.35. The summed E-state index contributed by atoms with van der Waals surface area (Å²) < 4.78 is 4.91. The molecule has 1 aliphatic rings. The maximum absolute atomic E-state index is 12.5. The first-order valence-corrected chi connectivity index (χ1v) is 8.16. The SMILES string of the molecule is CCOC(=O)c1ccc(N2NC(=O)C(=Cc3cccs3)C2=O)cc1. The summed E-state index contributed by atoms with van der Waals surface area (Å²) in [6.45, 7) is 2.02. The summed E-state index contributed by atoms with van der Waals surface area (Å²) in [7, 11) is 0. The Balaban J connectivity index is 1.82. The Bertz CT molecular complexity index is 810. The molecule has 6 nitrogen and oxygen atoms in total. The summed E-state index contributed by atoms with van der Waals surface area (Å²) in [5.74, 6) is -1.32. The van der Waals surface area contributed by atoms with Crippen LogP contribution in [-0.4, -0.2) is 24.4 Å². The number of anilines is 1. The monoisotopic (exact) mass is 342 g/mol. The molecule has 1 aromatic carbocycles. The quantitative estimate of drug-likeness (QED) is 0.526. The van der Waals surface area contributed by atoms with Gasteiger partial charge in [-0.3, -0.25) is 15.0 Å². The van der Waals surface area contributed by atoms with Gasteiger partial charge in [-0.15, -0.1) is 11.3 Å². The largest absolute Gasteiger partial charge is 0.462 e. The number of hydrazine groups is 1. The molecule has 24 heavy (non-hydrogen) atoms. The molecular weight excluding hydrogens is 328 g/mol. The molecule has 0 bridgehead atoms. The average Bonchev–Trinajstić information content (AvgIpc) is 3.19. The molecule has 0 aliphatic carbocycles. The number of ether oxygens (including phenoxy) is 1. The number of benzene rings is 1. The van der Waals surface area contributed by atoms with E-state index in [0.29, 0.717) is 11.3 Å². The second-order valence-corrected chi connectivity index (χ2v) is 5.90. The van der Waals surface area contributed by atoms with Crippen molar-refractivity contribution in [3.05, 3.63) is 57.8 Å². The summed E-state index contributed by atoms with van der Waals surface area (Å²) in [4.78, 5) is 37.0. The third-order valence-corrected chi connectivity index (χ3v) is 4.18. The lowest BCUT2D eigenvalue weighted by molar-refractivity contribution is -0.117. The van der Waals surface area contributed by atoms with E-state index < -0.39 is 17.8 Å². The Labute approximate surface area is 142 Å². The molecule has 0 saturated carbocycles. The predicted octanol–water partition coefficient (Wildman–Crippen LogP) is 2.39. The fraction of sp³-hybridized carbons (Fsp3) is 0.118. The maximum atomic E-state index is 12.5. The number of esters is 1. The van der Waals surface area contributed by atoms with Crippen molar-refractivity contribution in [2.45, 2.75) is 6.92 Å². The molecule has 2 heterocycles. The second kappa shape index (κ2) is 6.67. The Kier molecular flexibility index (Phi) is 4.43. The van der Waals surface area contributed by atoms with E-state index in [-0.39, 0.29) is 12.2 Å². The lowest BCUT2D eigenvalue weighted by Gasteiger charge is -2.14. The van der Waals surface area contributed by atoms with Gasteiger partial charge in [-0.25, -0.2) is 9.80 Å². The zero-order valence-corrected chi connectivity index (χ0v) is 13.6. The molecule has 2 aromatic rings. The van der Waals surface area contributed by atoms with Crippen LogP contribution < -0.4 is 10.4 Å². The van der Waals surface area contributed by atoms with Crippen LogP contribution in [0.1, 0.15) is 22.2 Å². The molecule has 0 radical (unpaired) electrons. The van der Waals surface area contributed by atoms with E-state index in [2.05, 4.69) is 5.43 Å². The van der Waals surface area contributed by atoms with E-state index in [1.165, 1.54) is 11.3 Å². The highest BCUT2D eigenvalue weighted by molar-refractivity contribution is 7.10. The van der Waals surface area contributed by atoms with Gasteiger partial charge >= 0.3 is 5.97 Å². The van der Waals surface area contributed by atoms with E-state index >= 15 is 0 Å². The minimum Gasteiger partial charge on any atom is -0.462 e. The molecule has 0 atom stereocenters. The molecule has 2 amide bonds.